The Balaban J connectivity index is 2.73. The summed E-state index contributed by atoms with van der Waals surface area (Å²) >= 11 is 0. The maximum atomic E-state index is 11.8. The van der Waals surface area contributed by atoms with Crippen LogP contribution in [0.4, 0.5) is 0 Å². The SMILES string of the molecule is COc1cccc(S(C)(=O)=O)c1-c1cc(C(=O)O)[nH]n1. The summed E-state index contributed by atoms with van der Waals surface area (Å²) in [6.45, 7) is 0. The van der Waals surface area contributed by atoms with E-state index in [-0.39, 0.29) is 21.8 Å². The monoisotopic (exact) mass is 296 g/mol. The molecule has 7 nitrogen and oxygen atoms in total. The number of hydrogen-bond donors (Lipinski definition) is 2. The number of aromatic amines is 1. The van der Waals surface area contributed by atoms with E-state index in [1.165, 1.54) is 19.2 Å². The molecule has 8 heteroatoms. The van der Waals surface area contributed by atoms with Gasteiger partial charge in [-0.15, -0.1) is 0 Å². The van der Waals surface area contributed by atoms with Gasteiger partial charge in [0, 0.05) is 6.26 Å². The fourth-order valence-electron chi connectivity index (χ4n) is 1.80. The van der Waals surface area contributed by atoms with Crippen LogP contribution in [0.1, 0.15) is 10.5 Å². The molecule has 0 amide bonds. The minimum absolute atomic E-state index is 0.0280. The molecule has 0 bridgehead atoms. The zero-order valence-electron chi connectivity index (χ0n) is 10.7. The molecule has 0 saturated heterocycles. The van der Waals surface area contributed by atoms with Gasteiger partial charge in [0.25, 0.3) is 0 Å². The summed E-state index contributed by atoms with van der Waals surface area (Å²) in [7, 11) is -2.11. The first kappa shape index (κ1) is 14.1. The number of H-pyrrole nitrogens is 1. The van der Waals surface area contributed by atoms with Crippen LogP contribution in [0.15, 0.2) is 29.2 Å². The molecule has 0 aliphatic carbocycles. The fourth-order valence-corrected chi connectivity index (χ4v) is 2.70. The Morgan fingerprint density at radius 3 is 2.60 bits per heavy atom. The molecule has 106 valence electrons. The minimum Gasteiger partial charge on any atom is -0.496 e. The van der Waals surface area contributed by atoms with Gasteiger partial charge in [-0.2, -0.15) is 5.10 Å². The number of sulfone groups is 1. The lowest BCUT2D eigenvalue weighted by Crippen LogP contribution is -2.02. The summed E-state index contributed by atoms with van der Waals surface area (Å²) in [5, 5.41) is 15.1. The molecule has 0 saturated carbocycles. The van der Waals surface area contributed by atoms with Crippen LogP contribution in [-0.4, -0.2) is 43.1 Å². The molecule has 2 aromatic rings. The van der Waals surface area contributed by atoms with Crippen molar-refractivity contribution < 1.29 is 23.1 Å². The van der Waals surface area contributed by atoms with E-state index in [4.69, 9.17) is 9.84 Å². The van der Waals surface area contributed by atoms with Crippen molar-refractivity contribution in [2.24, 2.45) is 0 Å². The number of carboxylic acids is 1. The standard InChI is InChI=1S/C12H12N2O5S/c1-19-9-4-3-5-10(20(2,17)18)11(9)7-6-8(12(15)16)14-13-7/h3-6H,1-2H3,(H,13,14)(H,15,16). The lowest BCUT2D eigenvalue weighted by atomic mass is 10.1. The Hall–Kier alpha value is -2.35. The van der Waals surface area contributed by atoms with Gasteiger partial charge in [-0.1, -0.05) is 6.07 Å². The average Bonchev–Trinajstić information content (AvgIpc) is 2.86. The van der Waals surface area contributed by atoms with Crippen LogP contribution in [0.3, 0.4) is 0 Å². The van der Waals surface area contributed by atoms with Crippen molar-refractivity contribution in [1.29, 1.82) is 0 Å². The summed E-state index contributed by atoms with van der Waals surface area (Å²) < 4.78 is 28.8. The Bertz CT molecular complexity index is 764. The van der Waals surface area contributed by atoms with Crippen molar-refractivity contribution >= 4 is 15.8 Å². The number of nitrogens with zero attached hydrogens (tertiary/aromatic N) is 1. The molecule has 0 fully saturated rings. The predicted octanol–water partition coefficient (Wildman–Crippen LogP) is 1.19. The van der Waals surface area contributed by atoms with Crippen LogP contribution < -0.4 is 4.74 Å². The zero-order chi connectivity index (χ0) is 14.9. The number of hydrogen-bond acceptors (Lipinski definition) is 5. The third-order valence-electron chi connectivity index (χ3n) is 2.67. The van der Waals surface area contributed by atoms with Gasteiger partial charge in [-0.3, -0.25) is 5.10 Å². The summed E-state index contributed by atoms with van der Waals surface area (Å²) in [6.07, 6.45) is 1.07. The molecule has 20 heavy (non-hydrogen) atoms. The van der Waals surface area contributed by atoms with E-state index in [1.807, 2.05) is 0 Å². The van der Waals surface area contributed by atoms with Crippen LogP contribution >= 0.6 is 0 Å². The highest BCUT2D eigenvalue weighted by atomic mass is 32.2. The van der Waals surface area contributed by atoms with Crippen molar-refractivity contribution in [3.8, 4) is 17.0 Å². The summed E-state index contributed by atoms with van der Waals surface area (Å²) in [5.74, 6) is -0.879. The van der Waals surface area contributed by atoms with Crippen LogP contribution in [0.2, 0.25) is 0 Å². The van der Waals surface area contributed by atoms with E-state index in [9.17, 15) is 13.2 Å². The Labute approximate surface area is 115 Å². The number of carbonyl (C=O) groups is 1. The highest BCUT2D eigenvalue weighted by Gasteiger charge is 2.21. The predicted molar refractivity (Wildman–Crippen MR) is 70.6 cm³/mol. The molecule has 0 aliphatic heterocycles. The number of carboxylic acid groups (broad SMARTS) is 1. The van der Waals surface area contributed by atoms with Gasteiger partial charge in [-0.05, 0) is 18.2 Å². The van der Waals surface area contributed by atoms with Gasteiger partial charge >= 0.3 is 5.97 Å². The van der Waals surface area contributed by atoms with Crippen LogP contribution in [0, 0.1) is 0 Å². The number of aromatic carboxylic acids is 1. The molecule has 1 aromatic heterocycles. The van der Waals surface area contributed by atoms with Crippen LogP contribution in [0.5, 0.6) is 5.75 Å². The van der Waals surface area contributed by atoms with Crippen LogP contribution in [-0.2, 0) is 9.84 Å². The maximum absolute atomic E-state index is 11.8. The lowest BCUT2D eigenvalue weighted by Gasteiger charge is -2.10. The Morgan fingerprint density at radius 2 is 2.10 bits per heavy atom. The first-order chi connectivity index (χ1) is 9.34. The molecule has 1 aromatic carbocycles. The van der Waals surface area contributed by atoms with E-state index < -0.39 is 15.8 Å². The van der Waals surface area contributed by atoms with Gasteiger partial charge in [0.1, 0.15) is 11.4 Å². The van der Waals surface area contributed by atoms with Crippen molar-refractivity contribution in [3.63, 3.8) is 0 Å². The van der Waals surface area contributed by atoms with E-state index in [0.717, 1.165) is 6.26 Å². The normalized spacial score (nSPS) is 11.3. The molecule has 2 N–H and O–H groups in total. The van der Waals surface area contributed by atoms with E-state index in [0.29, 0.717) is 5.75 Å². The number of aromatic nitrogens is 2. The Kier molecular flexibility index (Phi) is 3.49. The van der Waals surface area contributed by atoms with Gasteiger partial charge in [-0.25, -0.2) is 13.2 Å². The third-order valence-corrected chi connectivity index (χ3v) is 3.81. The van der Waals surface area contributed by atoms with E-state index >= 15 is 0 Å². The van der Waals surface area contributed by atoms with Crippen molar-refractivity contribution in [2.45, 2.75) is 4.90 Å². The van der Waals surface area contributed by atoms with Gasteiger partial charge in [0.15, 0.2) is 9.84 Å². The van der Waals surface area contributed by atoms with E-state index in [1.54, 1.807) is 12.1 Å². The second-order valence-electron chi connectivity index (χ2n) is 4.08. The maximum Gasteiger partial charge on any atom is 0.353 e. The minimum atomic E-state index is -3.51. The molecular formula is C12H12N2O5S. The van der Waals surface area contributed by atoms with Crippen molar-refractivity contribution in [3.05, 3.63) is 30.0 Å². The third kappa shape index (κ3) is 2.50. The second kappa shape index (κ2) is 4.97. The highest BCUT2D eigenvalue weighted by molar-refractivity contribution is 7.90. The van der Waals surface area contributed by atoms with Crippen LogP contribution in [0.25, 0.3) is 11.3 Å². The largest absolute Gasteiger partial charge is 0.496 e. The first-order valence-corrected chi connectivity index (χ1v) is 7.40. The van der Waals surface area contributed by atoms with Gasteiger partial charge in [0.05, 0.1) is 23.3 Å². The molecule has 1 heterocycles. The molecule has 0 atom stereocenters. The molecule has 0 aliphatic rings. The molecular weight excluding hydrogens is 284 g/mol. The molecule has 0 spiro atoms. The zero-order valence-corrected chi connectivity index (χ0v) is 11.6. The average molecular weight is 296 g/mol. The molecule has 0 radical (unpaired) electrons. The summed E-state index contributed by atoms with van der Waals surface area (Å²) in [5.41, 5.74) is 0.298. The summed E-state index contributed by atoms with van der Waals surface area (Å²) in [6, 6.07) is 5.81. The number of ether oxygens (including phenoxy) is 1. The highest BCUT2D eigenvalue weighted by Crippen LogP contribution is 2.35. The number of rotatable bonds is 4. The number of benzene rings is 1. The van der Waals surface area contributed by atoms with Crippen molar-refractivity contribution in [2.75, 3.05) is 13.4 Å². The topological polar surface area (TPSA) is 109 Å². The second-order valence-corrected chi connectivity index (χ2v) is 6.06. The lowest BCUT2D eigenvalue weighted by molar-refractivity contribution is 0.0690. The Morgan fingerprint density at radius 1 is 1.40 bits per heavy atom. The smallest absolute Gasteiger partial charge is 0.353 e. The van der Waals surface area contributed by atoms with Gasteiger partial charge < -0.3 is 9.84 Å². The fraction of sp³-hybridized carbons (Fsp3) is 0.167. The van der Waals surface area contributed by atoms with E-state index in [2.05, 4.69) is 10.2 Å². The quantitative estimate of drug-likeness (QED) is 0.877. The molecule has 0 unspecified atom stereocenters. The van der Waals surface area contributed by atoms with Crippen molar-refractivity contribution in [1.82, 2.24) is 10.2 Å². The first-order valence-electron chi connectivity index (χ1n) is 5.50. The molecule has 2 rings (SSSR count). The number of methoxy groups -OCH3 is 1. The summed E-state index contributed by atoms with van der Waals surface area (Å²) in [4.78, 5) is 10.9. The number of nitrogens with one attached hydrogen (secondary N) is 1. The van der Waals surface area contributed by atoms with Gasteiger partial charge in [0.2, 0.25) is 0 Å².